The number of aliphatic hydroxyl groups is 3. The van der Waals surface area contributed by atoms with Crippen molar-refractivity contribution < 1.29 is 34.8 Å². The number of primary amides is 1. The number of benzene rings is 1. The molecular weight excluding hydrogens is 466 g/mol. The van der Waals surface area contributed by atoms with Crippen LogP contribution in [0.5, 0.6) is 5.75 Å². The van der Waals surface area contributed by atoms with E-state index in [1.807, 2.05) is 20.8 Å². The van der Waals surface area contributed by atoms with E-state index in [9.17, 15) is 34.8 Å². The topological polar surface area (TPSA) is 173 Å². The second kappa shape index (κ2) is 8.65. The van der Waals surface area contributed by atoms with Gasteiger partial charge in [0.15, 0.2) is 17.2 Å². The zero-order chi connectivity index (χ0) is 26.9. The van der Waals surface area contributed by atoms with Gasteiger partial charge in [0.05, 0.1) is 11.7 Å². The van der Waals surface area contributed by atoms with Crippen LogP contribution in [0.2, 0.25) is 0 Å². The maximum atomic E-state index is 13.7. The van der Waals surface area contributed by atoms with Crippen LogP contribution in [0, 0.1) is 17.8 Å². The molecule has 1 amide bonds. The molecule has 0 heterocycles. The van der Waals surface area contributed by atoms with Gasteiger partial charge in [-0.05, 0) is 70.8 Å². The summed E-state index contributed by atoms with van der Waals surface area (Å²) in [6, 6.07) is 2.28. The summed E-state index contributed by atoms with van der Waals surface area (Å²) in [5.41, 5.74) is 3.98. The van der Waals surface area contributed by atoms with Gasteiger partial charge in [-0.25, -0.2) is 0 Å². The van der Waals surface area contributed by atoms with E-state index in [1.165, 1.54) is 6.07 Å². The molecule has 196 valence electrons. The average molecular weight is 502 g/mol. The summed E-state index contributed by atoms with van der Waals surface area (Å²) in [5, 5.41) is 47.9. The number of likely N-dealkylation sites (N-methyl/N-ethyl adjacent to an activating group) is 1. The second-order valence-corrected chi connectivity index (χ2v) is 11.5. The maximum absolute atomic E-state index is 13.7. The van der Waals surface area contributed by atoms with Crippen LogP contribution in [0.1, 0.15) is 48.7 Å². The van der Waals surface area contributed by atoms with Crippen LogP contribution < -0.4 is 11.1 Å². The molecule has 10 nitrogen and oxygen atoms in total. The van der Waals surface area contributed by atoms with E-state index in [4.69, 9.17) is 5.73 Å². The van der Waals surface area contributed by atoms with Gasteiger partial charge in [0, 0.05) is 29.6 Å². The van der Waals surface area contributed by atoms with Crippen molar-refractivity contribution in [2.45, 2.75) is 63.4 Å². The molecule has 3 aliphatic rings. The third-order valence-corrected chi connectivity index (χ3v) is 7.88. The molecule has 2 unspecified atom stereocenters. The summed E-state index contributed by atoms with van der Waals surface area (Å²) < 4.78 is 0. The number of aliphatic hydroxyl groups excluding tert-OH is 2. The Hall–Kier alpha value is -2.79. The highest BCUT2D eigenvalue weighted by Crippen LogP contribution is 2.52. The third kappa shape index (κ3) is 3.83. The van der Waals surface area contributed by atoms with Crippen LogP contribution in [-0.2, 0) is 22.6 Å². The summed E-state index contributed by atoms with van der Waals surface area (Å²) in [7, 11) is 3.27. The Kier molecular flexibility index (Phi) is 6.32. The van der Waals surface area contributed by atoms with Crippen LogP contribution in [0.25, 0.3) is 0 Å². The molecule has 1 aromatic carbocycles. The maximum Gasteiger partial charge on any atom is 0.230 e. The molecular formula is C26H35N3O7. The van der Waals surface area contributed by atoms with E-state index >= 15 is 0 Å². The van der Waals surface area contributed by atoms with Crippen molar-refractivity contribution in [1.29, 1.82) is 0 Å². The molecule has 36 heavy (non-hydrogen) atoms. The number of carbonyl (C=O) groups is 3. The number of nitrogens with two attached hydrogens (primary N) is 1. The molecule has 0 aromatic heterocycles. The van der Waals surface area contributed by atoms with Crippen LogP contribution in [0.4, 0.5) is 0 Å². The van der Waals surface area contributed by atoms with Gasteiger partial charge in [-0.2, -0.15) is 0 Å². The Labute approximate surface area is 209 Å². The average Bonchev–Trinajstić information content (AvgIpc) is 2.74. The highest BCUT2D eigenvalue weighted by molar-refractivity contribution is 6.15. The molecule has 6 atom stereocenters. The SMILES string of the molecule is CN(C)[C@@H]1C(O)C(C(N)=O)C(=O)[C@@]2(O)C(O)=C3C(=O)c4c(O)ccc(CNC(C)(C)C)c4C[C@H]3C[C@@H]12. The molecule has 3 aliphatic carbocycles. The number of aromatic hydroxyl groups is 1. The summed E-state index contributed by atoms with van der Waals surface area (Å²) in [5.74, 6) is -7.33. The molecule has 0 spiro atoms. The van der Waals surface area contributed by atoms with Crippen LogP contribution in [-0.4, -0.2) is 80.2 Å². The third-order valence-electron chi connectivity index (χ3n) is 7.88. The van der Waals surface area contributed by atoms with Crippen molar-refractivity contribution in [3.05, 3.63) is 40.2 Å². The normalized spacial score (nSPS) is 32.3. The lowest BCUT2D eigenvalue weighted by Gasteiger charge is -2.53. The van der Waals surface area contributed by atoms with E-state index in [0.717, 1.165) is 5.56 Å². The number of hydrogen-bond acceptors (Lipinski definition) is 9. The number of phenols is 1. The van der Waals surface area contributed by atoms with Crippen LogP contribution >= 0.6 is 0 Å². The molecule has 0 radical (unpaired) electrons. The van der Waals surface area contributed by atoms with E-state index in [-0.39, 0.29) is 35.3 Å². The predicted octanol–water partition coefficient (Wildman–Crippen LogP) is 0.174. The summed E-state index contributed by atoms with van der Waals surface area (Å²) in [6.45, 7) is 6.48. The molecule has 1 saturated carbocycles. The lowest BCUT2D eigenvalue weighted by molar-refractivity contribution is -0.178. The van der Waals surface area contributed by atoms with Gasteiger partial charge in [0.2, 0.25) is 5.91 Å². The minimum atomic E-state index is -2.58. The standard InChI is InChI=1S/C26H35N3O7/c1-25(2,3)28-10-11-6-7-15(30)17-13(11)8-12-9-14-19(29(4)5)21(32)18(24(27)35)23(34)26(14,36)22(33)16(12)20(17)31/h6-7,12,14,18-19,21,28,30,32-33,36H,8-10H2,1-5H3,(H2,27,35)/t12-,14-,18?,19-,21?,26-/m0/s1. The van der Waals surface area contributed by atoms with Crippen molar-refractivity contribution in [3.63, 3.8) is 0 Å². The van der Waals surface area contributed by atoms with Crippen molar-refractivity contribution >= 4 is 17.5 Å². The molecule has 0 aliphatic heterocycles. The second-order valence-electron chi connectivity index (χ2n) is 11.5. The summed E-state index contributed by atoms with van der Waals surface area (Å²) in [6.07, 6.45) is -1.11. The number of allylic oxidation sites excluding steroid dienone is 1. The molecule has 10 heteroatoms. The monoisotopic (exact) mass is 501 g/mol. The van der Waals surface area contributed by atoms with Gasteiger partial charge in [0.25, 0.3) is 0 Å². The van der Waals surface area contributed by atoms with E-state index in [0.29, 0.717) is 12.1 Å². The number of ketones is 2. The minimum Gasteiger partial charge on any atom is -0.508 e. The zero-order valence-electron chi connectivity index (χ0n) is 21.2. The van der Waals surface area contributed by atoms with Crippen molar-refractivity contribution in [1.82, 2.24) is 10.2 Å². The number of phenolic OH excluding ortho intramolecular Hbond substituents is 1. The number of nitrogens with one attached hydrogen (secondary N) is 1. The Morgan fingerprint density at radius 1 is 1.22 bits per heavy atom. The van der Waals surface area contributed by atoms with E-state index in [1.54, 1.807) is 25.1 Å². The van der Waals surface area contributed by atoms with Gasteiger partial charge in [-0.1, -0.05) is 6.07 Å². The molecule has 4 rings (SSSR count). The fraction of sp³-hybridized carbons (Fsp3) is 0.577. The first-order valence-corrected chi connectivity index (χ1v) is 12.1. The van der Waals surface area contributed by atoms with Gasteiger partial charge in [-0.3, -0.25) is 14.4 Å². The quantitative estimate of drug-likeness (QED) is 0.314. The fourth-order valence-corrected chi connectivity index (χ4v) is 6.20. The molecule has 0 saturated heterocycles. The van der Waals surface area contributed by atoms with Gasteiger partial charge >= 0.3 is 0 Å². The van der Waals surface area contributed by atoms with Crippen molar-refractivity contribution in [2.24, 2.45) is 23.5 Å². The lowest BCUT2D eigenvalue weighted by Crippen LogP contribution is -2.71. The van der Waals surface area contributed by atoms with E-state index < -0.39 is 58.7 Å². The Morgan fingerprint density at radius 2 is 1.86 bits per heavy atom. The largest absolute Gasteiger partial charge is 0.508 e. The number of hydrogen-bond donors (Lipinski definition) is 6. The molecule has 0 bridgehead atoms. The first kappa shape index (κ1) is 26.3. The highest BCUT2D eigenvalue weighted by Gasteiger charge is 2.66. The molecule has 1 fully saturated rings. The van der Waals surface area contributed by atoms with E-state index in [2.05, 4.69) is 5.32 Å². The summed E-state index contributed by atoms with van der Waals surface area (Å²) >= 11 is 0. The Morgan fingerprint density at radius 3 is 2.42 bits per heavy atom. The van der Waals surface area contributed by atoms with Crippen molar-refractivity contribution in [3.8, 4) is 5.75 Å². The van der Waals surface area contributed by atoms with Gasteiger partial charge in [0.1, 0.15) is 17.4 Å². The number of carbonyl (C=O) groups excluding carboxylic acids is 3. The number of rotatable bonds is 4. The first-order valence-electron chi connectivity index (χ1n) is 12.1. The van der Waals surface area contributed by atoms with Crippen molar-refractivity contribution in [2.75, 3.05) is 14.1 Å². The number of Topliss-reactive ketones (excluding diaryl/α,β-unsaturated/α-hetero) is 2. The predicted molar refractivity (Wildman–Crippen MR) is 130 cm³/mol. The lowest BCUT2D eigenvalue weighted by atomic mass is 9.56. The van der Waals surface area contributed by atoms with Gasteiger partial charge < -0.3 is 36.4 Å². The molecule has 1 aromatic rings. The number of fused-ring (bicyclic) bond motifs is 3. The van der Waals surface area contributed by atoms with Crippen LogP contribution in [0.3, 0.4) is 0 Å². The minimum absolute atomic E-state index is 0.0296. The zero-order valence-corrected chi connectivity index (χ0v) is 21.2. The Bertz CT molecular complexity index is 1170. The first-order chi connectivity index (χ1) is 16.6. The van der Waals surface area contributed by atoms with Gasteiger partial charge in [-0.15, -0.1) is 0 Å². The number of amides is 1. The molecule has 7 N–H and O–H groups in total. The highest BCUT2D eigenvalue weighted by atomic mass is 16.3. The summed E-state index contributed by atoms with van der Waals surface area (Å²) in [4.78, 5) is 40.7. The smallest absolute Gasteiger partial charge is 0.230 e. The fourth-order valence-electron chi connectivity index (χ4n) is 6.20. The number of nitrogens with zero attached hydrogens (tertiary/aromatic N) is 1. The Balaban J connectivity index is 1.87. The van der Waals surface area contributed by atoms with Crippen LogP contribution in [0.15, 0.2) is 23.5 Å².